The molecule has 9 heteroatoms. The van der Waals surface area contributed by atoms with Gasteiger partial charge >= 0.3 is 0 Å². The molecule has 1 N–H and O–H groups in total. The van der Waals surface area contributed by atoms with E-state index in [9.17, 15) is 18.0 Å². The van der Waals surface area contributed by atoms with Crippen LogP contribution in [-0.4, -0.2) is 80.9 Å². The van der Waals surface area contributed by atoms with Crippen LogP contribution in [0.4, 0.5) is 5.69 Å². The molecule has 0 aromatic heterocycles. The van der Waals surface area contributed by atoms with Gasteiger partial charge in [-0.1, -0.05) is 19.3 Å². The van der Waals surface area contributed by atoms with Crippen molar-refractivity contribution < 1.29 is 22.7 Å². The number of carbonyl (C=O) groups is 2. The largest absolute Gasteiger partial charge is 0.497 e. The molecule has 1 aromatic carbocycles. The zero-order valence-electron chi connectivity index (χ0n) is 18.4. The number of sulfone groups is 1. The van der Waals surface area contributed by atoms with Crippen molar-refractivity contribution in [3.05, 3.63) is 24.3 Å². The van der Waals surface area contributed by atoms with Gasteiger partial charge in [-0.3, -0.25) is 14.5 Å². The summed E-state index contributed by atoms with van der Waals surface area (Å²) in [5.74, 6) is 0.602. The van der Waals surface area contributed by atoms with E-state index in [0.717, 1.165) is 32.1 Å². The van der Waals surface area contributed by atoms with E-state index in [-0.39, 0.29) is 48.5 Å². The molecule has 1 heterocycles. The minimum atomic E-state index is -3.08. The molecule has 0 radical (unpaired) electrons. The molecular weight excluding hydrogens is 418 g/mol. The number of likely N-dealkylation sites (N-methyl/N-ethyl adjacent to an activating group) is 1. The third-order valence-electron chi connectivity index (χ3n) is 6.05. The molecule has 0 bridgehead atoms. The third kappa shape index (κ3) is 6.67. The first kappa shape index (κ1) is 23.5. The summed E-state index contributed by atoms with van der Waals surface area (Å²) in [6, 6.07) is 6.89. The molecule has 172 valence electrons. The van der Waals surface area contributed by atoms with Crippen LogP contribution in [0.1, 0.15) is 38.5 Å². The molecule has 3 rings (SSSR count). The highest BCUT2D eigenvalue weighted by molar-refractivity contribution is 7.91. The number of amides is 2. The predicted octanol–water partition coefficient (Wildman–Crippen LogP) is 1.91. The number of hydrogen-bond acceptors (Lipinski definition) is 6. The lowest BCUT2D eigenvalue weighted by Gasteiger charge is -2.39. The molecule has 1 aliphatic heterocycles. The molecule has 1 aliphatic carbocycles. The number of benzene rings is 1. The lowest BCUT2D eigenvalue weighted by molar-refractivity contribution is -0.137. The van der Waals surface area contributed by atoms with Gasteiger partial charge in [0.2, 0.25) is 11.8 Å². The standard InChI is InChI=1S/C22H33N3O5S/c1-24(14-21(26)23-17-8-10-20(30-2)11-9-17)15-22(27)25(18-6-4-3-5-7-18)19-12-13-31(28,29)16-19/h8-11,18-19H,3-7,12-16H2,1-2H3,(H,23,26). The maximum absolute atomic E-state index is 13.2. The Hall–Kier alpha value is -2.13. The topological polar surface area (TPSA) is 96.0 Å². The number of rotatable bonds is 8. The molecule has 0 spiro atoms. The summed E-state index contributed by atoms with van der Waals surface area (Å²) in [7, 11) is 0.232. The van der Waals surface area contributed by atoms with Crippen LogP contribution in [-0.2, 0) is 19.4 Å². The first-order chi connectivity index (χ1) is 14.8. The smallest absolute Gasteiger partial charge is 0.238 e. The second kappa shape index (κ2) is 10.5. The van der Waals surface area contributed by atoms with Crippen molar-refractivity contribution in [2.75, 3.05) is 44.1 Å². The van der Waals surface area contributed by atoms with Crippen molar-refractivity contribution >= 4 is 27.3 Å². The van der Waals surface area contributed by atoms with E-state index >= 15 is 0 Å². The molecule has 1 unspecified atom stereocenters. The van der Waals surface area contributed by atoms with Crippen molar-refractivity contribution in [1.29, 1.82) is 0 Å². The Morgan fingerprint density at radius 2 is 1.71 bits per heavy atom. The first-order valence-electron chi connectivity index (χ1n) is 10.9. The molecule has 1 aromatic rings. The summed E-state index contributed by atoms with van der Waals surface area (Å²) in [6.45, 7) is 0.155. The number of carbonyl (C=O) groups excluding carboxylic acids is 2. The Morgan fingerprint density at radius 3 is 2.29 bits per heavy atom. The van der Waals surface area contributed by atoms with Gasteiger partial charge in [-0.2, -0.15) is 0 Å². The molecule has 31 heavy (non-hydrogen) atoms. The summed E-state index contributed by atoms with van der Waals surface area (Å²) in [5.41, 5.74) is 0.658. The quantitative estimate of drug-likeness (QED) is 0.649. The Labute approximate surface area is 184 Å². The van der Waals surface area contributed by atoms with Gasteiger partial charge in [0.1, 0.15) is 5.75 Å². The zero-order valence-corrected chi connectivity index (χ0v) is 19.2. The van der Waals surface area contributed by atoms with Gasteiger partial charge in [0.05, 0.1) is 31.7 Å². The summed E-state index contributed by atoms with van der Waals surface area (Å²) in [4.78, 5) is 29.1. The molecule has 2 fully saturated rings. The van der Waals surface area contributed by atoms with E-state index in [1.807, 2.05) is 4.90 Å². The average Bonchev–Trinajstić information content (AvgIpc) is 3.08. The highest BCUT2D eigenvalue weighted by Gasteiger charge is 2.38. The monoisotopic (exact) mass is 451 g/mol. The lowest BCUT2D eigenvalue weighted by atomic mass is 9.93. The van der Waals surface area contributed by atoms with Crippen LogP contribution in [0.25, 0.3) is 0 Å². The van der Waals surface area contributed by atoms with Crippen LogP contribution in [0.15, 0.2) is 24.3 Å². The lowest BCUT2D eigenvalue weighted by Crippen LogP contribution is -2.52. The van der Waals surface area contributed by atoms with Gasteiger partial charge in [-0.15, -0.1) is 0 Å². The fourth-order valence-electron chi connectivity index (χ4n) is 4.55. The third-order valence-corrected chi connectivity index (χ3v) is 7.80. The molecule has 2 aliphatic rings. The van der Waals surface area contributed by atoms with Crippen molar-refractivity contribution in [2.45, 2.75) is 50.6 Å². The normalized spacial score (nSPS) is 21.1. The Morgan fingerprint density at radius 1 is 1.03 bits per heavy atom. The summed E-state index contributed by atoms with van der Waals surface area (Å²) in [5, 5.41) is 2.82. The van der Waals surface area contributed by atoms with Crippen molar-refractivity contribution in [2.24, 2.45) is 0 Å². The molecular formula is C22H33N3O5S. The van der Waals surface area contributed by atoms with Crippen LogP contribution in [0.3, 0.4) is 0 Å². The Bertz CT molecular complexity index is 866. The van der Waals surface area contributed by atoms with Crippen LogP contribution in [0.2, 0.25) is 0 Å². The van der Waals surface area contributed by atoms with Crippen LogP contribution < -0.4 is 10.1 Å². The fraction of sp³-hybridized carbons (Fsp3) is 0.636. The number of nitrogens with one attached hydrogen (secondary N) is 1. The van der Waals surface area contributed by atoms with Crippen molar-refractivity contribution in [1.82, 2.24) is 9.80 Å². The van der Waals surface area contributed by atoms with Gasteiger partial charge in [-0.05, 0) is 50.6 Å². The van der Waals surface area contributed by atoms with Crippen molar-refractivity contribution in [3.63, 3.8) is 0 Å². The van der Waals surface area contributed by atoms with Gasteiger partial charge in [-0.25, -0.2) is 8.42 Å². The number of hydrogen-bond donors (Lipinski definition) is 1. The van der Waals surface area contributed by atoms with Gasteiger partial charge in [0, 0.05) is 17.8 Å². The molecule has 1 atom stereocenters. The van der Waals surface area contributed by atoms with Crippen LogP contribution >= 0.6 is 0 Å². The van der Waals surface area contributed by atoms with Gasteiger partial charge in [0.25, 0.3) is 0 Å². The maximum atomic E-state index is 13.2. The number of ether oxygens (including phenoxy) is 1. The Kier molecular flexibility index (Phi) is 7.94. The average molecular weight is 452 g/mol. The summed E-state index contributed by atoms with van der Waals surface area (Å²) < 4.78 is 29.2. The van der Waals surface area contributed by atoms with Gasteiger partial charge in [0.15, 0.2) is 9.84 Å². The number of anilines is 1. The zero-order chi connectivity index (χ0) is 22.4. The predicted molar refractivity (Wildman–Crippen MR) is 120 cm³/mol. The van der Waals surface area contributed by atoms with Crippen LogP contribution in [0, 0.1) is 0 Å². The SMILES string of the molecule is COc1ccc(NC(=O)CN(C)CC(=O)N(C2CCCCC2)C2CCS(=O)(=O)C2)cc1. The molecule has 2 amide bonds. The molecule has 1 saturated heterocycles. The minimum Gasteiger partial charge on any atom is -0.497 e. The number of methoxy groups -OCH3 is 1. The minimum absolute atomic E-state index is 0.0525. The second-order valence-electron chi connectivity index (χ2n) is 8.60. The van der Waals surface area contributed by atoms with E-state index in [2.05, 4.69) is 5.32 Å². The molecule has 1 saturated carbocycles. The van der Waals surface area contributed by atoms with E-state index in [4.69, 9.17) is 4.74 Å². The van der Waals surface area contributed by atoms with Crippen LogP contribution in [0.5, 0.6) is 5.75 Å². The van der Waals surface area contributed by atoms with Crippen molar-refractivity contribution in [3.8, 4) is 5.75 Å². The van der Waals surface area contributed by atoms with E-state index in [1.165, 1.54) is 0 Å². The second-order valence-corrected chi connectivity index (χ2v) is 10.8. The fourth-order valence-corrected chi connectivity index (χ4v) is 6.26. The van der Waals surface area contributed by atoms with E-state index in [1.54, 1.807) is 43.3 Å². The van der Waals surface area contributed by atoms with E-state index < -0.39 is 9.84 Å². The first-order valence-corrected chi connectivity index (χ1v) is 12.7. The highest BCUT2D eigenvalue weighted by Crippen LogP contribution is 2.28. The Balaban J connectivity index is 1.58. The van der Waals surface area contributed by atoms with E-state index in [0.29, 0.717) is 17.9 Å². The highest BCUT2D eigenvalue weighted by atomic mass is 32.2. The molecule has 8 nitrogen and oxygen atoms in total. The summed E-state index contributed by atoms with van der Waals surface area (Å²) in [6.07, 6.45) is 5.63. The maximum Gasteiger partial charge on any atom is 0.238 e. The number of nitrogens with zero attached hydrogens (tertiary/aromatic N) is 2. The van der Waals surface area contributed by atoms with Gasteiger partial charge < -0.3 is 15.0 Å². The summed E-state index contributed by atoms with van der Waals surface area (Å²) >= 11 is 0.